The van der Waals surface area contributed by atoms with Gasteiger partial charge in [0.15, 0.2) is 6.61 Å². The zero-order valence-electron chi connectivity index (χ0n) is 14.7. The molecule has 0 unspecified atom stereocenters. The molecule has 1 aliphatic carbocycles. The van der Waals surface area contributed by atoms with Gasteiger partial charge in [-0.2, -0.15) is 0 Å². The van der Waals surface area contributed by atoms with Crippen molar-refractivity contribution in [3.63, 3.8) is 0 Å². The smallest absolute Gasteiger partial charge is 0.261 e. The van der Waals surface area contributed by atoms with Crippen molar-refractivity contribution >= 4 is 12.2 Å². The van der Waals surface area contributed by atoms with Gasteiger partial charge in [0.25, 0.3) is 5.91 Å². The first-order chi connectivity index (χ1) is 12.8. The quantitative estimate of drug-likeness (QED) is 0.776. The highest BCUT2D eigenvalue weighted by atomic mass is 16.5. The van der Waals surface area contributed by atoms with E-state index in [4.69, 9.17) is 4.74 Å². The molecule has 0 N–H and O–H groups in total. The molecule has 134 valence electrons. The fourth-order valence-electron chi connectivity index (χ4n) is 4.41. The number of ether oxygens (including phenoxy) is 1. The number of nitrogens with zero attached hydrogens (tertiary/aromatic N) is 1. The van der Waals surface area contributed by atoms with Crippen LogP contribution in [0.15, 0.2) is 54.6 Å². The van der Waals surface area contributed by atoms with Crippen LogP contribution in [-0.4, -0.2) is 36.3 Å². The van der Waals surface area contributed by atoms with E-state index in [0.717, 1.165) is 30.3 Å². The van der Waals surface area contributed by atoms with Gasteiger partial charge in [-0.05, 0) is 47.9 Å². The molecule has 0 bridgehead atoms. The Morgan fingerprint density at radius 2 is 1.88 bits per heavy atom. The van der Waals surface area contributed by atoms with Crippen LogP contribution in [0.25, 0.3) is 11.1 Å². The highest BCUT2D eigenvalue weighted by Gasteiger charge is 2.45. The standard InChI is InChI=1S/C22H23NO3/c24-14-21-20-11-5-9-18(20)13-23(21)22(25)15-26-19-10-4-8-17(12-19)16-6-2-1-3-7-16/h1-4,6-8,10,12,14,18,20-21H,5,9,11,13,15H2/t18-,20-,21+/m0/s1. The van der Waals surface area contributed by atoms with Crippen molar-refractivity contribution < 1.29 is 14.3 Å². The van der Waals surface area contributed by atoms with Crippen molar-refractivity contribution in [2.75, 3.05) is 13.2 Å². The van der Waals surface area contributed by atoms with Crippen LogP contribution in [0.1, 0.15) is 19.3 Å². The number of hydrogen-bond acceptors (Lipinski definition) is 3. The number of amides is 1. The molecule has 4 rings (SSSR count). The third-order valence-electron chi connectivity index (χ3n) is 5.71. The van der Waals surface area contributed by atoms with Gasteiger partial charge in [-0.15, -0.1) is 0 Å². The van der Waals surface area contributed by atoms with Gasteiger partial charge in [-0.25, -0.2) is 0 Å². The maximum Gasteiger partial charge on any atom is 0.261 e. The Morgan fingerprint density at radius 3 is 2.69 bits per heavy atom. The van der Waals surface area contributed by atoms with E-state index in [1.54, 1.807) is 4.90 Å². The molecule has 0 radical (unpaired) electrons. The molecule has 4 nitrogen and oxygen atoms in total. The maximum atomic E-state index is 12.6. The number of benzene rings is 2. The van der Waals surface area contributed by atoms with Crippen molar-refractivity contribution in [2.45, 2.75) is 25.3 Å². The minimum Gasteiger partial charge on any atom is -0.484 e. The summed E-state index contributed by atoms with van der Waals surface area (Å²) in [7, 11) is 0. The van der Waals surface area contributed by atoms with Gasteiger partial charge in [0.1, 0.15) is 12.0 Å². The Balaban J connectivity index is 1.41. The molecule has 1 saturated carbocycles. The second-order valence-electron chi connectivity index (χ2n) is 7.21. The fourth-order valence-corrected chi connectivity index (χ4v) is 4.41. The average Bonchev–Trinajstić information content (AvgIpc) is 3.28. The molecule has 1 heterocycles. The van der Waals surface area contributed by atoms with Crippen molar-refractivity contribution in [3.05, 3.63) is 54.6 Å². The molecule has 3 atom stereocenters. The Labute approximate surface area is 153 Å². The molecule has 0 spiro atoms. The van der Waals surface area contributed by atoms with E-state index < -0.39 is 0 Å². The molecule has 2 fully saturated rings. The third-order valence-corrected chi connectivity index (χ3v) is 5.71. The van der Waals surface area contributed by atoms with Crippen LogP contribution in [0.5, 0.6) is 5.75 Å². The summed E-state index contributed by atoms with van der Waals surface area (Å²) in [6.07, 6.45) is 4.30. The van der Waals surface area contributed by atoms with Crippen molar-refractivity contribution in [1.82, 2.24) is 4.90 Å². The summed E-state index contributed by atoms with van der Waals surface area (Å²) >= 11 is 0. The summed E-state index contributed by atoms with van der Waals surface area (Å²) in [6.45, 7) is 0.669. The van der Waals surface area contributed by atoms with Gasteiger partial charge in [-0.1, -0.05) is 48.9 Å². The normalized spacial score (nSPS) is 24.3. The average molecular weight is 349 g/mol. The first-order valence-corrected chi connectivity index (χ1v) is 9.29. The van der Waals surface area contributed by atoms with Crippen molar-refractivity contribution in [2.24, 2.45) is 11.8 Å². The van der Waals surface area contributed by atoms with Crippen LogP contribution in [0, 0.1) is 11.8 Å². The van der Waals surface area contributed by atoms with E-state index in [0.29, 0.717) is 24.1 Å². The highest BCUT2D eigenvalue weighted by molar-refractivity contribution is 5.82. The number of rotatable bonds is 5. The highest BCUT2D eigenvalue weighted by Crippen LogP contribution is 2.41. The molecule has 26 heavy (non-hydrogen) atoms. The summed E-state index contributed by atoms with van der Waals surface area (Å²) in [6, 6.07) is 17.5. The van der Waals surface area contributed by atoms with Crippen LogP contribution >= 0.6 is 0 Å². The Bertz CT molecular complexity index is 789. The summed E-state index contributed by atoms with van der Waals surface area (Å²) < 4.78 is 5.75. The predicted molar refractivity (Wildman–Crippen MR) is 99.8 cm³/mol. The number of hydrogen-bond donors (Lipinski definition) is 0. The lowest BCUT2D eigenvalue weighted by Gasteiger charge is -2.23. The van der Waals surface area contributed by atoms with Gasteiger partial charge < -0.3 is 14.4 Å². The number of carbonyl (C=O) groups is 2. The van der Waals surface area contributed by atoms with Crippen LogP contribution in [-0.2, 0) is 9.59 Å². The molecule has 2 aliphatic rings. The summed E-state index contributed by atoms with van der Waals surface area (Å²) in [4.78, 5) is 25.8. The predicted octanol–water partition coefficient (Wildman–Crippen LogP) is 3.56. The minimum absolute atomic E-state index is 0.0258. The number of aldehydes is 1. The van der Waals surface area contributed by atoms with Crippen molar-refractivity contribution in [3.8, 4) is 16.9 Å². The second-order valence-corrected chi connectivity index (χ2v) is 7.21. The van der Waals surface area contributed by atoms with E-state index in [-0.39, 0.29) is 18.6 Å². The van der Waals surface area contributed by atoms with Gasteiger partial charge in [0, 0.05) is 6.54 Å². The van der Waals surface area contributed by atoms with E-state index in [1.165, 1.54) is 6.42 Å². The summed E-state index contributed by atoms with van der Waals surface area (Å²) in [5.41, 5.74) is 2.16. The van der Waals surface area contributed by atoms with Crippen LogP contribution < -0.4 is 4.74 Å². The molecule has 1 saturated heterocycles. The van der Waals surface area contributed by atoms with E-state index in [9.17, 15) is 9.59 Å². The molecule has 0 aromatic heterocycles. The first-order valence-electron chi connectivity index (χ1n) is 9.29. The lowest BCUT2D eigenvalue weighted by atomic mass is 9.95. The molecular weight excluding hydrogens is 326 g/mol. The van der Waals surface area contributed by atoms with Crippen LogP contribution in [0.3, 0.4) is 0 Å². The summed E-state index contributed by atoms with van der Waals surface area (Å²) in [5.74, 6) is 1.40. The maximum absolute atomic E-state index is 12.6. The van der Waals surface area contributed by atoms with Gasteiger partial charge in [0.05, 0.1) is 6.04 Å². The molecule has 1 aliphatic heterocycles. The fraction of sp³-hybridized carbons (Fsp3) is 0.364. The lowest BCUT2D eigenvalue weighted by Crippen LogP contribution is -2.41. The SMILES string of the molecule is O=C[C@@H]1[C@H]2CCC[C@H]2CN1C(=O)COc1cccc(-c2ccccc2)c1. The number of likely N-dealkylation sites (tertiary alicyclic amines) is 1. The van der Waals surface area contributed by atoms with Crippen molar-refractivity contribution in [1.29, 1.82) is 0 Å². The zero-order chi connectivity index (χ0) is 17.9. The Morgan fingerprint density at radius 1 is 1.08 bits per heavy atom. The number of carbonyl (C=O) groups excluding carboxylic acids is 2. The minimum atomic E-state index is -0.269. The van der Waals surface area contributed by atoms with Crippen LogP contribution in [0.4, 0.5) is 0 Å². The van der Waals surface area contributed by atoms with Gasteiger partial charge >= 0.3 is 0 Å². The van der Waals surface area contributed by atoms with E-state index in [1.807, 2.05) is 54.6 Å². The molecule has 2 aromatic carbocycles. The van der Waals surface area contributed by atoms with Gasteiger partial charge in [-0.3, -0.25) is 4.79 Å². The molecule has 2 aromatic rings. The number of fused-ring (bicyclic) bond motifs is 1. The first kappa shape index (κ1) is 16.8. The van der Waals surface area contributed by atoms with Gasteiger partial charge in [0.2, 0.25) is 0 Å². The lowest BCUT2D eigenvalue weighted by molar-refractivity contribution is -0.137. The summed E-state index contributed by atoms with van der Waals surface area (Å²) in [5, 5.41) is 0. The molecule has 4 heteroatoms. The third kappa shape index (κ3) is 3.24. The van der Waals surface area contributed by atoms with E-state index in [2.05, 4.69) is 0 Å². The Kier molecular flexibility index (Phi) is 4.74. The molecule has 1 amide bonds. The largest absolute Gasteiger partial charge is 0.484 e. The monoisotopic (exact) mass is 349 g/mol. The zero-order valence-corrected chi connectivity index (χ0v) is 14.7. The van der Waals surface area contributed by atoms with Crippen LogP contribution in [0.2, 0.25) is 0 Å². The molecular formula is C22H23NO3. The Hall–Kier alpha value is -2.62. The second kappa shape index (κ2) is 7.32. The van der Waals surface area contributed by atoms with E-state index >= 15 is 0 Å². The topological polar surface area (TPSA) is 46.6 Å².